The van der Waals surface area contributed by atoms with Crippen LogP contribution in [0.15, 0.2) is 36.4 Å². The van der Waals surface area contributed by atoms with Crippen molar-refractivity contribution in [2.45, 2.75) is 77.7 Å². The lowest BCUT2D eigenvalue weighted by Crippen LogP contribution is -2.51. The topological polar surface area (TPSA) is 97.4 Å². The van der Waals surface area contributed by atoms with Crippen molar-refractivity contribution in [2.75, 3.05) is 51.1 Å². The van der Waals surface area contributed by atoms with Gasteiger partial charge in [-0.05, 0) is 124 Å². The minimum atomic E-state index is -3.86. The molecule has 2 fully saturated rings. The molecule has 6 rings (SSSR count). The Kier molecular flexibility index (Phi) is 11.3. The van der Waals surface area contributed by atoms with E-state index in [-0.39, 0.29) is 35.8 Å². The van der Waals surface area contributed by atoms with Gasteiger partial charge < -0.3 is 24.0 Å². The van der Waals surface area contributed by atoms with E-state index in [2.05, 4.69) is 35.5 Å². The van der Waals surface area contributed by atoms with Crippen molar-refractivity contribution in [3.05, 3.63) is 58.1 Å². The molecule has 1 saturated heterocycles. The van der Waals surface area contributed by atoms with E-state index in [0.29, 0.717) is 43.0 Å². The first-order valence-corrected chi connectivity index (χ1v) is 19.7. The van der Waals surface area contributed by atoms with Crippen LogP contribution in [-0.2, 0) is 32.5 Å². The lowest BCUT2D eigenvalue weighted by molar-refractivity contribution is -0.241. The first-order valence-electron chi connectivity index (χ1n) is 17.7. The van der Waals surface area contributed by atoms with Crippen molar-refractivity contribution in [2.24, 2.45) is 29.6 Å². The molecular formula is C37H52ClN3O6S. The van der Waals surface area contributed by atoms with Gasteiger partial charge in [0.25, 0.3) is 5.91 Å². The Labute approximate surface area is 291 Å². The molecule has 0 unspecified atom stereocenters. The maximum atomic E-state index is 13.4. The minimum Gasteiger partial charge on any atom is -0.487 e. The van der Waals surface area contributed by atoms with Crippen molar-refractivity contribution < 1.29 is 27.4 Å². The van der Waals surface area contributed by atoms with Crippen molar-refractivity contribution in [3.8, 4) is 5.75 Å². The average molecular weight is 702 g/mol. The number of hydrogen-bond acceptors (Lipinski definition) is 8. The molecule has 9 nitrogen and oxygen atoms in total. The third-order valence-electron chi connectivity index (χ3n) is 11.4. The van der Waals surface area contributed by atoms with Crippen LogP contribution in [0.4, 0.5) is 5.69 Å². The summed E-state index contributed by atoms with van der Waals surface area (Å²) in [4.78, 5) is 18.0. The number of carbonyl (C=O) groups excluding carboxylic acids is 1. The molecule has 1 N–H and O–H groups in total. The van der Waals surface area contributed by atoms with Crippen LogP contribution in [0.25, 0.3) is 0 Å². The van der Waals surface area contributed by atoms with E-state index in [1.54, 1.807) is 6.07 Å². The highest BCUT2D eigenvalue weighted by atomic mass is 35.5. The summed E-state index contributed by atoms with van der Waals surface area (Å²) < 4.78 is 48.3. The first-order chi connectivity index (χ1) is 23.0. The van der Waals surface area contributed by atoms with Gasteiger partial charge in [-0.2, -0.15) is 0 Å². The minimum absolute atomic E-state index is 0.110. The highest BCUT2D eigenvalue weighted by Gasteiger charge is 2.44. The van der Waals surface area contributed by atoms with E-state index in [0.717, 1.165) is 74.3 Å². The number of halogens is 1. The number of benzene rings is 2. The lowest BCUT2D eigenvalue weighted by atomic mass is 9.64. The Balaban J connectivity index is 1.34. The maximum absolute atomic E-state index is 13.4. The summed E-state index contributed by atoms with van der Waals surface area (Å²) in [7, 11) is 0.259. The second-order valence-corrected chi connectivity index (χ2v) is 17.1. The number of aryl methyl sites for hydroxylation is 1. The van der Waals surface area contributed by atoms with Gasteiger partial charge in [0, 0.05) is 29.6 Å². The van der Waals surface area contributed by atoms with Gasteiger partial charge in [-0.15, -0.1) is 0 Å². The zero-order valence-corrected chi connectivity index (χ0v) is 30.4. The van der Waals surface area contributed by atoms with Crippen LogP contribution in [-0.4, -0.2) is 77.7 Å². The molecular weight excluding hydrogens is 650 g/mol. The zero-order chi connectivity index (χ0) is 34.0. The molecule has 48 heavy (non-hydrogen) atoms. The van der Waals surface area contributed by atoms with Gasteiger partial charge >= 0.3 is 0 Å². The van der Waals surface area contributed by atoms with Gasteiger partial charge in [-0.1, -0.05) is 31.5 Å². The highest BCUT2D eigenvalue weighted by molar-refractivity contribution is 7.90. The van der Waals surface area contributed by atoms with Crippen molar-refractivity contribution in [1.29, 1.82) is 0 Å². The molecule has 1 aliphatic carbocycles. The SMILES string of the molecule is C[C@@H]1CS(=O)(=O)NC(=O)c2ccc3c(c2)N(CCCCc2cc(Cl)ccc2CO3)C[C@@H]2CC[C@H]2[C@H](C2OCC(N(C)C)CO2)CC[C@@H]1C. The van der Waals surface area contributed by atoms with Gasteiger partial charge in [-0.3, -0.25) is 4.79 Å². The Morgan fingerprint density at radius 1 is 0.917 bits per heavy atom. The number of sulfonamides is 1. The van der Waals surface area contributed by atoms with E-state index in [4.69, 9.17) is 25.8 Å². The predicted molar refractivity (Wildman–Crippen MR) is 189 cm³/mol. The number of carbonyl (C=O) groups is 1. The summed E-state index contributed by atoms with van der Waals surface area (Å²) in [5.41, 5.74) is 3.42. The predicted octanol–water partition coefficient (Wildman–Crippen LogP) is 6.13. The van der Waals surface area contributed by atoms with Crippen molar-refractivity contribution >= 4 is 33.2 Å². The standard InChI is InChI=1S/C37H52ClN3O6S/c1-24-8-13-33(37-46-21-31(22-47-37)40(3)4)32-14-10-28(32)19-41-16-6-5-7-26-17-30(38)12-9-29(26)20-45-35-15-11-27(18-34(35)41)36(42)39-48(43,44)23-25(24)2/h9,11-12,15,17-18,24-25,28,31-33,37H,5-8,10,13-14,16,19-23H2,1-4H3,(H,39,42)/t24-,25+,28-,31?,32+,33+,37?/m0/s1. The van der Waals surface area contributed by atoms with Crippen LogP contribution < -0.4 is 14.4 Å². The quantitative estimate of drug-likeness (QED) is 0.400. The number of nitrogens with zero attached hydrogens (tertiary/aromatic N) is 2. The molecule has 3 aliphatic heterocycles. The Hall–Kier alpha value is -2.37. The van der Waals surface area contributed by atoms with Crippen LogP contribution in [0.5, 0.6) is 5.75 Å². The summed E-state index contributed by atoms with van der Waals surface area (Å²) in [5, 5.41) is 0.720. The smallest absolute Gasteiger partial charge is 0.264 e. The summed E-state index contributed by atoms with van der Waals surface area (Å²) in [6.45, 7) is 7.36. The largest absolute Gasteiger partial charge is 0.487 e. The summed E-state index contributed by atoms with van der Waals surface area (Å²) in [6.07, 6.45) is 6.58. The Morgan fingerprint density at radius 3 is 2.42 bits per heavy atom. The maximum Gasteiger partial charge on any atom is 0.264 e. The molecule has 4 aliphatic rings. The van der Waals surface area contributed by atoms with E-state index in [9.17, 15) is 13.2 Å². The monoisotopic (exact) mass is 701 g/mol. The third-order valence-corrected chi connectivity index (χ3v) is 13.1. The fraction of sp³-hybridized carbons (Fsp3) is 0.649. The molecule has 5 atom stereocenters. The number of amides is 1. The van der Waals surface area contributed by atoms with Crippen LogP contribution in [0.1, 0.15) is 73.9 Å². The van der Waals surface area contributed by atoms with Gasteiger partial charge in [-0.25, -0.2) is 13.1 Å². The molecule has 1 saturated carbocycles. The van der Waals surface area contributed by atoms with Crippen molar-refractivity contribution in [1.82, 2.24) is 9.62 Å². The lowest BCUT2D eigenvalue weighted by Gasteiger charge is -2.48. The van der Waals surface area contributed by atoms with E-state index >= 15 is 0 Å². The Morgan fingerprint density at radius 2 is 1.69 bits per heavy atom. The molecule has 0 radical (unpaired) electrons. The third kappa shape index (κ3) is 8.32. The zero-order valence-electron chi connectivity index (χ0n) is 28.8. The number of fused-ring (bicyclic) bond motifs is 3. The van der Waals surface area contributed by atoms with Crippen LogP contribution in [0, 0.1) is 29.6 Å². The summed E-state index contributed by atoms with van der Waals surface area (Å²) in [6, 6.07) is 11.5. The molecule has 11 heteroatoms. The summed E-state index contributed by atoms with van der Waals surface area (Å²) in [5.74, 6) is 1.06. The number of anilines is 1. The number of likely N-dealkylation sites (N-methyl/N-ethyl adjacent to an activating group) is 1. The second-order valence-electron chi connectivity index (χ2n) is 14.8. The number of hydrogen-bond donors (Lipinski definition) is 1. The van der Waals surface area contributed by atoms with Gasteiger partial charge in [0.05, 0.1) is 30.7 Å². The van der Waals surface area contributed by atoms with Crippen LogP contribution in [0.2, 0.25) is 5.02 Å². The van der Waals surface area contributed by atoms with Crippen LogP contribution in [0.3, 0.4) is 0 Å². The molecule has 2 aromatic carbocycles. The fourth-order valence-corrected chi connectivity index (χ4v) is 9.54. The number of rotatable bonds is 2. The van der Waals surface area contributed by atoms with Gasteiger partial charge in [0.2, 0.25) is 10.0 Å². The van der Waals surface area contributed by atoms with E-state index in [1.807, 2.05) is 37.3 Å². The number of ether oxygens (including phenoxy) is 3. The van der Waals surface area contributed by atoms with E-state index in [1.165, 1.54) is 5.56 Å². The fourth-order valence-electron chi connectivity index (χ4n) is 7.85. The molecule has 264 valence electrons. The average Bonchev–Trinajstić information content (AvgIpc) is 3.07. The number of nitrogens with one attached hydrogen (secondary N) is 1. The van der Waals surface area contributed by atoms with Gasteiger partial charge in [0.1, 0.15) is 12.4 Å². The van der Waals surface area contributed by atoms with Crippen LogP contribution >= 0.6 is 11.6 Å². The molecule has 0 spiro atoms. The first kappa shape index (κ1) is 35.5. The normalized spacial score (nSPS) is 31.7. The highest BCUT2D eigenvalue weighted by Crippen LogP contribution is 2.46. The molecule has 3 heterocycles. The molecule has 2 bridgehead atoms. The van der Waals surface area contributed by atoms with Gasteiger partial charge in [0.15, 0.2) is 6.29 Å². The Bertz CT molecular complexity index is 1550. The van der Waals surface area contributed by atoms with Crippen molar-refractivity contribution in [3.63, 3.8) is 0 Å². The van der Waals surface area contributed by atoms with E-state index < -0.39 is 15.9 Å². The molecule has 1 amide bonds. The summed E-state index contributed by atoms with van der Waals surface area (Å²) >= 11 is 6.37. The molecule has 0 aromatic heterocycles. The molecule has 2 aromatic rings. The second kappa shape index (κ2) is 15.3.